The van der Waals surface area contributed by atoms with Crippen LogP contribution in [0.3, 0.4) is 0 Å². The molecule has 0 aromatic carbocycles. The Morgan fingerprint density at radius 2 is 2.37 bits per heavy atom. The Bertz CT molecular complexity index is 569. The van der Waals surface area contributed by atoms with Crippen molar-refractivity contribution in [2.45, 2.75) is 20.4 Å². The summed E-state index contributed by atoms with van der Waals surface area (Å²) in [6.45, 7) is 4.75. The number of thiazole rings is 1. The van der Waals surface area contributed by atoms with Gasteiger partial charge in [-0.25, -0.2) is 9.78 Å². The fourth-order valence-corrected chi connectivity index (χ4v) is 2.26. The average Bonchev–Trinajstić information content (AvgIpc) is 2.86. The number of esters is 1. The first kappa shape index (κ1) is 13.5. The second-order valence-electron chi connectivity index (χ2n) is 3.91. The number of rotatable bonds is 5. The van der Waals surface area contributed by atoms with Crippen molar-refractivity contribution in [3.8, 4) is 0 Å². The number of carbonyl (C=O) groups excluding carboxylic acids is 1. The van der Waals surface area contributed by atoms with E-state index in [1.54, 1.807) is 18.6 Å². The fourth-order valence-electron chi connectivity index (χ4n) is 1.59. The van der Waals surface area contributed by atoms with Gasteiger partial charge in [-0.15, -0.1) is 11.3 Å². The van der Waals surface area contributed by atoms with Gasteiger partial charge in [0.2, 0.25) is 0 Å². The molecule has 2 aromatic rings. The van der Waals surface area contributed by atoms with E-state index in [4.69, 9.17) is 4.74 Å². The van der Waals surface area contributed by atoms with E-state index >= 15 is 0 Å². The van der Waals surface area contributed by atoms with Gasteiger partial charge in [-0.1, -0.05) is 0 Å². The molecule has 19 heavy (non-hydrogen) atoms. The molecular formula is C13H15N3O2S. The lowest BCUT2D eigenvalue weighted by molar-refractivity contribution is 0.0521. The Morgan fingerprint density at radius 1 is 1.53 bits per heavy atom. The zero-order valence-electron chi connectivity index (χ0n) is 10.8. The molecule has 0 atom stereocenters. The molecule has 1 N–H and O–H groups in total. The molecule has 0 aliphatic heterocycles. The molecule has 0 fully saturated rings. The van der Waals surface area contributed by atoms with Crippen LogP contribution in [0, 0.1) is 6.92 Å². The number of nitrogens with one attached hydrogen (secondary N) is 1. The maximum atomic E-state index is 11.7. The quantitative estimate of drug-likeness (QED) is 0.851. The number of nitrogens with zero attached hydrogens (tertiary/aromatic N) is 2. The van der Waals surface area contributed by atoms with Crippen molar-refractivity contribution >= 4 is 22.3 Å². The van der Waals surface area contributed by atoms with Gasteiger partial charge in [-0.05, 0) is 31.0 Å². The molecule has 0 aliphatic carbocycles. The van der Waals surface area contributed by atoms with Gasteiger partial charge >= 0.3 is 5.97 Å². The van der Waals surface area contributed by atoms with Gasteiger partial charge < -0.3 is 10.1 Å². The van der Waals surface area contributed by atoms with Crippen LogP contribution in [0.25, 0.3) is 0 Å². The number of anilines is 1. The Hall–Kier alpha value is -1.95. The Morgan fingerprint density at radius 3 is 3.11 bits per heavy atom. The summed E-state index contributed by atoms with van der Waals surface area (Å²) in [4.78, 5) is 19.8. The van der Waals surface area contributed by atoms with Crippen LogP contribution < -0.4 is 5.32 Å². The monoisotopic (exact) mass is 277 g/mol. The molecule has 0 spiro atoms. The molecule has 0 saturated carbocycles. The maximum absolute atomic E-state index is 11.7. The first-order valence-electron chi connectivity index (χ1n) is 5.96. The predicted octanol–water partition coefficient (Wildman–Crippen LogP) is 2.64. The van der Waals surface area contributed by atoms with E-state index in [1.807, 2.05) is 19.2 Å². The highest BCUT2D eigenvalue weighted by Crippen LogP contribution is 2.22. The maximum Gasteiger partial charge on any atom is 0.360 e. The number of aromatic nitrogens is 2. The van der Waals surface area contributed by atoms with Crippen LogP contribution in [0.5, 0.6) is 0 Å². The van der Waals surface area contributed by atoms with Crippen molar-refractivity contribution in [3.63, 3.8) is 0 Å². The molecule has 0 radical (unpaired) electrons. The molecule has 0 aliphatic rings. The van der Waals surface area contributed by atoms with Gasteiger partial charge in [-0.3, -0.25) is 4.98 Å². The van der Waals surface area contributed by atoms with Crippen LogP contribution >= 0.6 is 11.3 Å². The van der Waals surface area contributed by atoms with Crippen molar-refractivity contribution in [2.24, 2.45) is 0 Å². The van der Waals surface area contributed by atoms with Crippen LogP contribution in [0.1, 0.15) is 28.5 Å². The highest BCUT2D eigenvalue weighted by Gasteiger charge is 2.15. The van der Waals surface area contributed by atoms with Crippen LogP contribution in [0.4, 0.5) is 5.00 Å². The third-order valence-corrected chi connectivity index (χ3v) is 3.40. The second-order valence-corrected chi connectivity index (χ2v) is 4.76. The highest BCUT2D eigenvalue weighted by atomic mass is 32.1. The van der Waals surface area contributed by atoms with E-state index in [9.17, 15) is 4.79 Å². The van der Waals surface area contributed by atoms with Crippen molar-refractivity contribution < 1.29 is 9.53 Å². The minimum atomic E-state index is -0.391. The number of aryl methyl sites for hydroxylation is 1. The van der Waals surface area contributed by atoms with Crippen molar-refractivity contribution in [3.05, 3.63) is 40.8 Å². The fraction of sp³-hybridized carbons (Fsp3) is 0.308. The van der Waals surface area contributed by atoms with Gasteiger partial charge in [0.1, 0.15) is 5.00 Å². The summed E-state index contributed by atoms with van der Waals surface area (Å²) in [5.41, 5.74) is 4.22. The topological polar surface area (TPSA) is 64.1 Å². The largest absolute Gasteiger partial charge is 0.461 e. The molecular weight excluding hydrogens is 262 g/mol. The molecule has 2 heterocycles. The number of pyridine rings is 1. The van der Waals surface area contributed by atoms with Gasteiger partial charge in [0.25, 0.3) is 0 Å². The van der Waals surface area contributed by atoms with E-state index in [2.05, 4.69) is 15.3 Å². The molecule has 2 rings (SSSR count). The lowest BCUT2D eigenvalue weighted by Gasteiger charge is -2.08. The van der Waals surface area contributed by atoms with Gasteiger partial charge in [0.05, 0.1) is 12.1 Å². The first-order valence-corrected chi connectivity index (χ1v) is 6.84. The molecule has 0 unspecified atom stereocenters. The van der Waals surface area contributed by atoms with Crippen LogP contribution in [0.2, 0.25) is 0 Å². The Kier molecular flexibility index (Phi) is 4.46. The van der Waals surface area contributed by atoms with Crippen molar-refractivity contribution in [1.82, 2.24) is 9.97 Å². The van der Waals surface area contributed by atoms with Crippen LogP contribution in [-0.2, 0) is 11.3 Å². The molecule has 0 bridgehead atoms. The van der Waals surface area contributed by atoms with E-state index < -0.39 is 5.97 Å². The first-order chi connectivity index (χ1) is 9.22. The van der Waals surface area contributed by atoms with Crippen LogP contribution in [0.15, 0.2) is 24.0 Å². The lowest BCUT2D eigenvalue weighted by atomic mass is 10.1. The number of hydrogen-bond donors (Lipinski definition) is 1. The molecule has 6 heteroatoms. The molecule has 0 amide bonds. The second kappa shape index (κ2) is 6.29. The van der Waals surface area contributed by atoms with E-state index in [-0.39, 0.29) is 0 Å². The van der Waals surface area contributed by atoms with Gasteiger partial charge in [-0.2, -0.15) is 0 Å². The summed E-state index contributed by atoms with van der Waals surface area (Å²) >= 11 is 1.39. The van der Waals surface area contributed by atoms with E-state index in [0.29, 0.717) is 18.8 Å². The SMILES string of the molecule is CCOC(=O)c1ncsc1NCc1ccncc1C. The third kappa shape index (κ3) is 3.29. The zero-order valence-corrected chi connectivity index (χ0v) is 11.7. The summed E-state index contributed by atoms with van der Waals surface area (Å²) in [6, 6.07) is 1.95. The third-order valence-electron chi connectivity index (χ3n) is 2.61. The van der Waals surface area contributed by atoms with Crippen LogP contribution in [-0.4, -0.2) is 22.5 Å². The summed E-state index contributed by atoms with van der Waals surface area (Å²) < 4.78 is 4.96. The standard InChI is InChI=1S/C13H15N3O2S/c1-3-18-13(17)11-12(19-8-16-11)15-7-10-4-5-14-6-9(10)2/h4-6,8,15H,3,7H2,1-2H3. The smallest absolute Gasteiger partial charge is 0.360 e. The minimum absolute atomic E-state index is 0.346. The summed E-state index contributed by atoms with van der Waals surface area (Å²) in [5.74, 6) is -0.391. The van der Waals surface area contributed by atoms with E-state index in [0.717, 1.165) is 16.1 Å². The van der Waals surface area contributed by atoms with Crippen molar-refractivity contribution in [1.29, 1.82) is 0 Å². The minimum Gasteiger partial charge on any atom is -0.461 e. The lowest BCUT2D eigenvalue weighted by Crippen LogP contribution is -2.09. The normalized spacial score (nSPS) is 10.2. The molecule has 5 nitrogen and oxygen atoms in total. The predicted molar refractivity (Wildman–Crippen MR) is 74.4 cm³/mol. The molecule has 2 aromatic heterocycles. The van der Waals surface area contributed by atoms with Gasteiger partial charge in [0.15, 0.2) is 5.69 Å². The highest BCUT2D eigenvalue weighted by molar-refractivity contribution is 7.14. The van der Waals surface area contributed by atoms with Gasteiger partial charge in [0, 0.05) is 18.9 Å². The van der Waals surface area contributed by atoms with E-state index in [1.165, 1.54) is 11.3 Å². The number of carbonyl (C=O) groups is 1. The molecule has 0 saturated heterocycles. The zero-order chi connectivity index (χ0) is 13.7. The van der Waals surface area contributed by atoms with Crippen molar-refractivity contribution in [2.75, 3.05) is 11.9 Å². The average molecular weight is 277 g/mol. The molecule has 100 valence electrons. The number of ether oxygens (including phenoxy) is 1. The summed E-state index contributed by atoms with van der Waals surface area (Å²) in [7, 11) is 0. The summed E-state index contributed by atoms with van der Waals surface area (Å²) in [6.07, 6.45) is 3.57. The Balaban J connectivity index is 2.06. The summed E-state index contributed by atoms with van der Waals surface area (Å²) in [5, 5.41) is 3.95. The Labute approximate surface area is 115 Å². The number of hydrogen-bond acceptors (Lipinski definition) is 6.